The lowest BCUT2D eigenvalue weighted by Gasteiger charge is -2.43. The Hall–Kier alpha value is -5.49. The van der Waals surface area contributed by atoms with Crippen LogP contribution in [0, 0.1) is 0 Å². The summed E-state index contributed by atoms with van der Waals surface area (Å²) in [5.74, 6) is 0.909. The van der Waals surface area contributed by atoms with Gasteiger partial charge in [0.2, 0.25) is 0 Å². The number of hydrogen-bond acceptors (Lipinski definition) is 8. The molecule has 0 bridgehead atoms. The molecular weight excluding hydrogens is 729 g/mol. The van der Waals surface area contributed by atoms with Crippen LogP contribution in [0.3, 0.4) is 0 Å². The summed E-state index contributed by atoms with van der Waals surface area (Å²) >= 11 is 1.48. The molecule has 7 aromatic rings. The highest BCUT2D eigenvalue weighted by molar-refractivity contribution is 7.99. The smallest absolute Gasteiger partial charge is 0.261 e. The first-order chi connectivity index (χ1) is 26.9. The molecule has 276 valence electrons. The number of nitrogens with zero attached hydrogens (tertiary/aromatic N) is 1. The number of nitrogens with one attached hydrogen (secondary N) is 1. The second-order valence-electron chi connectivity index (χ2n) is 13.1. The lowest BCUT2D eigenvalue weighted by atomic mass is 9.84. The van der Waals surface area contributed by atoms with Crippen molar-refractivity contribution >= 4 is 27.5 Å². The second-order valence-corrected chi connectivity index (χ2v) is 15.8. The maximum atomic E-state index is 13.2. The van der Waals surface area contributed by atoms with E-state index in [1.54, 1.807) is 48.5 Å². The molecule has 0 radical (unpaired) electrons. The molecule has 4 atom stereocenters. The molecule has 1 fully saturated rings. The topological polar surface area (TPSA) is 111 Å². The number of rotatable bonds is 12. The number of aliphatic hydroxyl groups excluding tert-OH is 1. The van der Waals surface area contributed by atoms with Gasteiger partial charge in [-0.1, -0.05) is 157 Å². The number of oxazole rings is 1. The molecule has 2 N–H and O–H groups in total. The highest BCUT2D eigenvalue weighted by Gasteiger charge is 2.42. The zero-order valence-electron chi connectivity index (χ0n) is 29.6. The third-order valence-electron chi connectivity index (χ3n) is 9.50. The summed E-state index contributed by atoms with van der Waals surface area (Å²) < 4.78 is 49.5. The minimum Gasteiger partial charge on any atom is -0.431 e. The van der Waals surface area contributed by atoms with Gasteiger partial charge in [-0.15, -0.1) is 0 Å². The van der Waals surface area contributed by atoms with Crippen LogP contribution < -0.4 is 4.72 Å². The van der Waals surface area contributed by atoms with Gasteiger partial charge in [-0.2, -0.15) is 0 Å². The monoisotopic (exact) mass is 766 g/mol. The summed E-state index contributed by atoms with van der Waals surface area (Å²) in [4.78, 5) is 5.17. The van der Waals surface area contributed by atoms with Gasteiger partial charge >= 0.3 is 0 Å². The maximum absolute atomic E-state index is 13.2. The van der Waals surface area contributed by atoms with E-state index in [0.717, 1.165) is 33.5 Å². The van der Waals surface area contributed by atoms with Crippen molar-refractivity contribution in [2.75, 3.05) is 10.5 Å². The van der Waals surface area contributed by atoms with E-state index in [9.17, 15) is 13.5 Å². The fourth-order valence-electron chi connectivity index (χ4n) is 6.81. The summed E-state index contributed by atoms with van der Waals surface area (Å²) in [5.41, 5.74) is 6.43. The fraction of sp³-hybridized carbons (Fsp3) is 0.133. The molecule has 8 rings (SSSR count). The van der Waals surface area contributed by atoms with Crippen molar-refractivity contribution in [3.8, 4) is 22.6 Å². The molecule has 8 nitrogen and oxygen atoms in total. The molecule has 0 aliphatic carbocycles. The van der Waals surface area contributed by atoms with Gasteiger partial charge in [-0.25, -0.2) is 13.4 Å². The molecule has 1 aliphatic rings. The van der Waals surface area contributed by atoms with Crippen LogP contribution in [0.1, 0.15) is 40.6 Å². The zero-order valence-corrected chi connectivity index (χ0v) is 31.3. The molecule has 0 spiro atoms. The van der Waals surface area contributed by atoms with Crippen molar-refractivity contribution in [2.24, 2.45) is 0 Å². The molecule has 1 aliphatic heterocycles. The maximum Gasteiger partial charge on any atom is 0.261 e. The first-order valence-corrected chi connectivity index (χ1v) is 20.4. The Kier molecular flexibility index (Phi) is 10.9. The van der Waals surface area contributed by atoms with Crippen LogP contribution >= 0.6 is 11.8 Å². The Balaban J connectivity index is 1.15. The van der Waals surface area contributed by atoms with E-state index in [1.165, 1.54) is 11.8 Å². The molecule has 1 saturated heterocycles. The molecule has 1 unspecified atom stereocenters. The van der Waals surface area contributed by atoms with Gasteiger partial charge < -0.3 is 19.0 Å². The van der Waals surface area contributed by atoms with Gasteiger partial charge in [-0.05, 0) is 41.0 Å². The van der Waals surface area contributed by atoms with Crippen molar-refractivity contribution in [1.82, 2.24) is 4.98 Å². The number of hydrogen-bond donors (Lipinski definition) is 2. The molecular formula is C45H38N2O6S2. The van der Waals surface area contributed by atoms with E-state index in [1.807, 2.05) is 109 Å². The third-order valence-corrected chi connectivity index (χ3v) is 11.8. The highest BCUT2D eigenvalue weighted by atomic mass is 32.2. The number of aromatic nitrogens is 1. The van der Waals surface area contributed by atoms with Gasteiger partial charge in [0.25, 0.3) is 15.2 Å². The van der Waals surface area contributed by atoms with Crippen LogP contribution in [0.5, 0.6) is 0 Å². The largest absolute Gasteiger partial charge is 0.431 e. The predicted molar refractivity (Wildman–Crippen MR) is 215 cm³/mol. The van der Waals surface area contributed by atoms with E-state index in [0.29, 0.717) is 28.0 Å². The quantitative estimate of drug-likeness (QED) is 0.118. The number of sulfonamides is 1. The van der Waals surface area contributed by atoms with Crippen LogP contribution in [-0.4, -0.2) is 30.4 Å². The average molecular weight is 767 g/mol. The minimum absolute atomic E-state index is 0.0727. The lowest BCUT2D eigenvalue weighted by Crippen LogP contribution is -2.38. The summed E-state index contributed by atoms with van der Waals surface area (Å²) in [5, 5.41) is 10.3. The Morgan fingerprint density at radius 2 is 1.27 bits per heavy atom. The van der Waals surface area contributed by atoms with Crippen molar-refractivity contribution in [2.45, 2.75) is 41.1 Å². The fourth-order valence-corrected chi connectivity index (χ4v) is 8.77. The van der Waals surface area contributed by atoms with Gasteiger partial charge in [0.05, 0.1) is 23.7 Å². The molecule has 10 heteroatoms. The van der Waals surface area contributed by atoms with Crippen molar-refractivity contribution in [3.05, 3.63) is 192 Å². The first-order valence-electron chi connectivity index (χ1n) is 17.9. The molecule has 0 saturated carbocycles. The van der Waals surface area contributed by atoms with Crippen LogP contribution in [0.15, 0.2) is 184 Å². The number of thioether (sulfide) groups is 1. The Bertz CT molecular complexity index is 2370. The summed E-state index contributed by atoms with van der Waals surface area (Å²) in [6.07, 6.45) is -1.72. The number of ether oxygens (including phenoxy) is 2. The van der Waals surface area contributed by atoms with Crippen molar-refractivity contribution in [1.29, 1.82) is 0 Å². The second kappa shape index (κ2) is 16.5. The van der Waals surface area contributed by atoms with Crippen molar-refractivity contribution in [3.63, 3.8) is 0 Å². The highest BCUT2D eigenvalue weighted by Crippen LogP contribution is 2.48. The van der Waals surface area contributed by atoms with E-state index in [4.69, 9.17) is 18.9 Å². The number of anilines is 1. The van der Waals surface area contributed by atoms with Gasteiger partial charge in [0.1, 0.15) is 5.69 Å². The molecule has 6 aromatic carbocycles. The van der Waals surface area contributed by atoms with Crippen LogP contribution in [0.2, 0.25) is 0 Å². The Morgan fingerprint density at radius 1 is 0.655 bits per heavy atom. The van der Waals surface area contributed by atoms with Gasteiger partial charge in [-0.3, -0.25) is 4.72 Å². The standard InChI is InChI=1S/C45H38N2O6S2/c48-29-31-24-26-35(27-25-31)42-40(32-14-5-1-6-15-32)39(30-54-45-46-41(33-16-7-2-8-17-33)43(53-45)34-18-9-3-10-19-34)51-44(52-42)36-20-13-21-37(28-36)47-55(49,50)38-22-11-4-12-23-38/h1-28,39-40,42,44,47-48H,29-30H2/t39-,40-,42+,44?/m1/s1. The predicted octanol–water partition coefficient (Wildman–Crippen LogP) is 10.0. The SMILES string of the molecule is O=S(=O)(Nc1cccc(C2O[C@H](CSc3nc(-c4ccccc4)c(-c4ccccc4)o3)[C@@H](c3ccccc3)[C@H](c3ccc(CO)cc3)O2)c1)c1ccccc1. The minimum atomic E-state index is -3.83. The average Bonchev–Trinajstić information content (AvgIpc) is 3.68. The molecule has 2 heterocycles. The first kappa shape index (κ1) is 36.5. The number of aliphatic hydroxyl groups is 1. The van der Waals surface area contributed by atoms with Gasteiger partial charge in [0, 0.05) is 34.0 Å². The Labute approximate surface area is 324 Å². The van der Waals surface area contributed by atoms with E-state index in [-0.39, 0.29) is 17.4 Å². The van der Waals surface area contributed by atoms with Crippen LogP contribution in [0.25, 0.3) is 22.6 Å². The third kappa shape index (κ3) is 8.29. The van der Waals surface area contributed by atoms with E-state index in [2.05, 4.69) is 16.9 Å². The molecule has 1 aromatic heterocycles. The Morgan fingerprint density at radius 3 is 1.95 bits per heavy atom. The number of benzene rings is 6. The van der Waals surface area contributed by atoms with E-state index < -0.39 is 28.5 Å². The lowest BCUT2D eigenvalue weighted by molar-refractivity contribution is -0.255. The van der Waals surface area contributed by atoms with Gasteiger partial charge in [0.15, 0.2) is 12.1 Å². The molecule has 55 heavy (non-hydrogen) atoms. The van der Waals surface area contributed by atoms with Crippen molar-refractivity contribution < 1.29 is 27.4 Å². The normalized spacial score (nSPS) is 18.5. The zero-order chi connectivity index (χ0) is 37.6. The molecule has 0 amide bonds. The summed E-state index contributed by atoms with van der Waals surface area (Å²) in [6.45, 7) is -0.0727. The summed E-state index contributed by atoms with van der Waals surface area (Å²) in [6, 6.07) is 53.2. The van der Waals surface area contributed by atoms with E-state index >= 15 is 0 Å². The van der Waals surface area contributed by atoms with Crippen LogP contribution in [0.4, 0.5) is 5.69 Å². The van der Waals surface area contributed by atoms with Crippen LogP contribution in [-0.2, 0) is 26.1 Å². The summed E-state index contributed by atoms with van der Waals surface area (Å²) in [7, 11) is -3.83.